The lowest BCUT2D eigenvalue weighted by atomic mass is 9.88. The van der Waals surface area contributed by atoms with Gasteiger partial charge in [-0.25, -0.2) is 4.68 Å². The van der Waals surface area contributed by atoms with Crippen molar-refractivity contribution in [1.82, 2.24) is 15.1 Å². The van der Waals surface area contributed by atoms with E-state index < -0.39 is 0 Å². The van der Waals surface area contributed by atoms with Gasteiger partial charge in [-0.3, -0.25) is 0 Å². The zero-order valence-corrected chi connectivity index (χ0v) is 13.6. The minimum Gasteiger partial charge on any atom is -0.307 e. The predicted molar refractivity (Wildman–Crippen MR) is 89.5 cm³/mol. The number of aromatic nitrogens is 2. The highest BCUT2D eigenvalue weighted by molar-refractivity contribution is 5.46. The Balaban J connectivity index is 1.69. The minimum absolute atomic E-state index is 0.507. The highest BCUT2D eigenvalue weighted by atomic mass is 15.3. The lowest BCUT2D eigenvalue weighted by molar-refractivity contribution is 0.290. The lowest BCUT2D eigenvalue weighted by Crippen LogP contribution is -2.39. The summed E-state index contributed by atoms with van der Waals surface area (Å²) in [7, 11) is 0. The fourth-order valence-electron chi connectivity index (χ4n) is 3.76. The maximum absolute atomic E-state index is 4.75. The van der Waals surface area contributed by atoms with Crippen molar-refractivity contribution < 1.29 is 0 Å². The van der Waals surface area contributed by atoms with Crippen LogP contribution in [0.4, 0.5) is 0 Å². The molecule has 1 aromatic carbocycles. The van der Waals surface area contributed by atoms with Crippen LogP contribution in [0.25, 0.3) is 5.69 Å². The maximum Gasteiger partial charge on any atom is 0.0680 e. The quantitative estimate of drug-likeness (QED) is 0.927. The van der Waals surface area contributed by atoms with E-state index in [9.17, 15) is 0 Å². The third-order valence-electron chi connectivity index (χ3n) is 5.53. The van der Waals surface area contributed by atoms with E-state index in [4.69, 9.17) is 5.10 Å². The molecule has 0 amide bonds. The summed E-state index contributed by atoms with van der Waals surface area (Å²) in [5.41, 5.74) is 6.76. The molecule has 0 bridgehead atoms. The van der Waals surface area contributed by atoms with Crippen molar-refractivity contribution in [2.24, 2.45) is 0 Å². The van der Waals surface area contributed by atoms with Crippen LogP contribution in [0.2, 0.25) is 0 Å². The van der Waals surface area contributed by atoms with Crippen LogP contribution >= 0.6 is 0 Å². The number of fused-ring (bicyclic) bond motifs is 1. The van der Waals surface area contributed by atoms with Crippen LogP contribution in [0.3, 0.4) is 0 Å². The molecular formula is C19H25N3. The molecule has 1 N–H and O–H groups in total. The van der Waals surface area contributed by atoms with Crippen molar-refractivity contribution in [3.8, 4) is 5.69 Å². The van der Waals surface area contributed by atoms with Crippen molar-refractivity contribution in [3.63, 3.8) is 0 Å². The monoisotopic (exact) mass is 295 g/mol. The molecule has 116 valence electrons. The van der Waals surface area contributed by atoms with Gasteiger partial charge < -0.3 is 5.32 Å². The Bertz CT molecular complexity index is 682. The molecule has 1 saturated carbocycles. The van der Waals surface area contributed by atoms with Gasteiger partial charge in [-0.05, 0) is 63.1 Å². The summed E-state index contributed by atoms with van der Waals surface area (Å²) in [5, 5.41) is 8.60. The maximum atomic E-state index is 4.75. The van der Waals surface area contributed by atoms with Gasteiger partial charge in [0.2, 0.25) is 0 Å². The zero-order chi connectivity index (χ0) is 15.1. The molecule has 1 heterocycles. The zero-order valence-electron chi connectivity index (χ0n) is 13.6. The molecule has 0 saturated heterocycles. The van der Waals surface area contributed by atoms with E-state index in [1.54, 1.807) is 0 Å². The molecule has 1 fully saturated rings. The molecule has 1 aromatic heterocycles. The first-order chi connectivity index (χ1) is 10.7. The molecule has 0 spiro atoms. The Morgan fingerprint density at radius 2 is 2.00 bits per heavy atom. The molecule has 2 aliphatic rings. The summed E-state index contributed by atoms with van der Waals surface area (Å²) in [4.78, 5) is 0. The van der Waals surface area contributed by atoms with E-state index in [1.807, 2.05) is 0 Å². The summed E-state index contributed by atoms with van der Waals surface area (Å²) >= 11 is 0. The molecule has 3 heteroatoms. The second kappa shape index (κ2) is 5.54. The Labute approximate surface area is 132 Å². The second-order valence-corrected chi connectivity index (χ2v) is 6.92. The molecule has 2 aliphatic carbocycles. The molecule has 3 nitrogen and oxygen atoms in total. The van der Waals surface area contributed by atoms with Crippen molar-refractivity contribution in [2.45, 2.75) is 64.5 Å². The van der Waals surface area contributed by atoms with Crippen LogP contribution in [-0.2, 0) is 6.42 Å². The fraction of sp³-hybridized carbons (Fsp3) is 0.526. The first-order valence-corrected chi connectivity index (χ1v) is 8.63. The highest BCUT2D eigenvalue weighted by Crippen LogP contribution is 2.34. The Kier molecular flexibility index (Phi) is 3.53. The summed E-state index contributed by atoms with van der Waals surface area (Å²) in [6.45, 7) is 4.38. The number of benzene rings is 1. The first kappa shape index (κ1) is 14.0. The Hall–Kier alpha value is -1.61. The molecule has 22 heavy (non-hydrogen) atoms. The topological polar surface area (TPSA) is 29.9 Å². The van der Waals surface area contributed by atoms with Gasteiger partial charge in [0.1, 0.15) is 0 Å². The minimum atomic E-state index is 0.507. The summed E-state index contributed by atoms with van der Waals surface area (Å²) < 4.78 is 2.19. The van der Waals surface area contributed by atoms with Gasteiger partial charge in [-0.15, -0.1) is 0 Å². The van der Waals surface area contributed by atoms with Crippen LogP contribution < -0.4 is 5.32 Å². The number of nitrogens with one attached hydrogen (secondary N) is 1. The average molecular weight is 295 g/mol. The van der Waals surface area contributed by atoms with Crippen LogP contribution in [0.15, 0.2) is 24.4 Å². The predicted octanol–water partition coefficient (Wildman–Crippen LogP) is 4.01. The molecule has 0 unspecified atom stereocenters. The summed E-state index contributed by atoms with van der Waals surface area (Å²) in [6.07, 6.45) is 9.83. The van der Waals surface area contributed by atoms with Crippen molar-refractivity contribution >= 4 is 0 Å². The molecule has 4 rings (SSSR count). The number of hydrogen-bond donors (Lipinski definition) is 1. The van der Waals surface area contributed by atoms with Crippen LogP contribution in [0, 0.1) is 13.8 Å². The highest BCUT2D eigenvalue weighted by Gasteiger charge is 2.28. The van der Waals surface area contributed by atoms with Gasteiger partial charge in [0.05, 0.1) is 11.9 Å². The molecule has 0 radical (unpaired) electrons. The van der Waals surface area contributed by atoms with Crippen LogP contribution in [0.5, 0.6) is 0 Å². The van der Waals surface area contributed by atoms with Crippen molar-refractivity contribution in [2.75, 3.05) is 0 Å². The lowest BCUT2D eigenvalue weighted by Gasteiger charge is -2.33. The van der Waals surface area contributed by atoms with Gasteiger partial charge in [-0.1, -0.05) is 18.6 Å². The summed E-state index contributed by atoms with van der Waals surface area (Å²) in [6, 6.07) is 7.75. The van der Waals surface area contributed by atoms with E-state index in [-0.39, 0.29) is 0 Å². The van der Waals surface area contributed by atoms with Crippen molar-refractivity contribution in [3.05, 3.63) is 46.8 Å². The Morgan fingerprint density at radius 1 is 1.14 bits per heavy atom. The van der Waals surface area contributed by atoms with E-state index >= 15 is 0 Å². The van der Waals surface area contributed by atoms with Gasteiger partial charge in [-0.2, -0.15) is 5.10 Å². The SMILES string of the molecule is Cc1cccc(-n2ncc3c2CCC[C@H]3NC2CCC2)c1C. The average Bonchev–Trinajstić information content (AvgIpc) is 2.90. The smallest absolute Gasteiger partial charge is 0.0680 e. The van der Waals surface area contributed by atoms with Gasteiger partial charge in [0.25, 0.3) is 0 Å². The van der Waals surface area contributed by atoms with Crippen LogP contribution in [-0.4, -0.2) is 15.8 Å². The van der Waals surface area contributed by atoms with E-state index in [1.165, 1.54) is 60.2 Å². The third kappa shape index (κ3) is 2.28. The first-order valence-electron chi connectivity index (χ1n) is 8.63. The fourth-order valence-corrected chi connectivity index (χ4v) is 3.76. The standard InChI is InChI=1S/C19H25N3/c1-13-6-3-10-18(14(13)2)22-19-11-5-9-17(16(19)12-20-22)21-15-7-4-8-15/h3,6,10,12,15,17,21H,4-5,7-9,11H2,1-2H3/t17-/m1/s1. The largest absolute Gasteiger partial charge is 0.307 e. The number of hydrogen-bond acceptors (Lipinski definition) is 2. The van der Waals surface area contributed by atoms with Gasteiger partial charge >= 0.3 is 0 Å². The molecule has 0 aliphatic heterocycles. The number of rotatable bonds is 3. The third-order valence-corrected chi connectivity index (χ3v) is 5.53. The van der Waals surface area contributed by atoms with E-state index in [0.717, 1.165) is 12.5 Å². The van der Waals surface area contributed by atoms with E-state index in [0.29, 0.717) is 6.04 Å². The second-order valence-electron chi connectivity index (χ2n) is 6.92. The number of aryl methyl sites for hydroxylation is 1. The Morgan fingerprint density at radius 3 is 2.77 bits per heavy atom. The normalized spacial score (nSPS) is 21.5. The van der Waals surface area contributed by atoms with Gasteiger partial charge in [0, 0.05) is 23.3 Å². The van der Waals surface area contributed by atoms with E-state index in [2.05, 4.69) is 48.2 Å². The van der Waals surface area contributed by atoms with Crippen molar-refractivity contribution in [1.29, 1.82) is 0 Å². The molecule has 1 atom stereocenters. The van der Waals surface area contributed by atoms with Gasteiger partial charge in [0.15, 0.2) is 0 Å². The molecule has 2 aromatic rings. The molecular weight excluding hydrogens is 270 g/mol. The van der Waals surface area contributed by atoms with Crippen LogP contribution in [0.1, 0.15) is 60.5 Å². The number of nitrogens with zero attached hydrogens (tertiary/aromatic N) is 2. The summed E-state index contributed by atoms with van der Waals surface area (Å²) in [5.74, 6) is 0.